The maximum absolute atomic E-state index is 12.9. The van der Waals surface area contributed by atoms with Crippen molar-refractivity contribution in [2.75, 3.05) is 13.7 Å². The summed E-state index contributed by atoms with van der Waals surface area (Å²) in [6, 6.07) is 18.2. The number of hydrogen-bond donors (Lipinski definition) is 0. The first-order valence-corrected chi connectivity index (χ1v) is 9.80. The first-order valence-electron chi connectivity index (χ1n) is 9.80. The molecule has 6 nitrogen and oxygen atoms in total. The molecule has 0 saturated heterocycles. The fourth-order valence-electron chi connectivity index (χ4n) is 2.87. The second kappa shape index (κ2) is 10.7. The molecule has 0 aliphatic carbocycles. The topological polar surface area (TPSA) is 74.7 Å². The SMILES string of the molecule is CCOC(=O)/C(=C\c1ccc(OCc2ccccc2)c(OC)c1)C(=O)c1cccnc1. The van der Waals surface area contributed by atoms with Gasteiger partial charge in [0, 0.05) is 18.0 Å². The summed E-state index contributed by atoms with van der Waals surface area (Å²) < 4.78 is 16.4. The summed E-state index contributed by atoms with van der Waals surface area (Å²) in [6.07, 6.45) is 4.46. The number of esters is 1. The van der Waals surface area contributed by atoms with Crippen LogP contribution in [0.2, 0.25) is 0 Å². The van der Waals surface area contributed by atoms with Crippen LogP contribution in [0.1, 0.15) is 28.4 Å². The van der Waals surface area contributed by atoms with Crippen LogP contribution in [0.15, 0.2) is 78.6 Å². The molecule has 6 heteroatoms. The van der Waals surface area contributed by atoms with E-state index in [4.69, 9.17) is 14.2 Å². The average molecular weight is 417 g/mol. The van der Waals surface area contributed by atoms with E-state index in [0.29, 0.717) is 29.2 Å². The molecule has 1 heterocycles. The van der Waals surface area contributed by atoms with Gasteiger partial charge in [-0.2, -0.15) is 0 Å². The number of pyridine rings is 1. The number of carbonyl (C=O) groups is 2. The molecular formula is C25H23NO5. The second-order valence-corrected chi connectivity index (χ2v) is 6.53. The monoisotopic (exact) mass is 417 g/mol. The van der Waals surface area contributed by atoms with E-state index in [1.165, 1.54) is 19.4 Å². The number of aromatic nitrogens is 1. The van der Waals surface area contributed by atoms with Crippen molar-refractivity contribution < 1.29 is 23.8 Å². The number of benzene rings is 2. The number of ketones is 1. The van der Waals surface area contributed by atoms with Gasteiger partial charge in [0.15, 0.2) is 11.5 Å². The molecule has 0 fully saturated rings. The van der Waals surface area contributed by atoms with Crippen LogP contribution in [0.5, 0.6) is 11.5 Å². The van der Waals surface area contributed by atoms with E-state index in [9.17, 15) is 9.59 Å². The van der Waals surface area contributed by atoms with Crippen molar-refractivity contribution >= 4 is 17.8 Å². The summed E-state index contributed by atoms with van der Waals surface area (Å²) in [7, 11) is 1.53. The van der Waals surface area contributed by atoms with Crippen molar-refractivity contribution in [2.45, 2.75) is 13.5 Å². The lowest BCUT2D eigenvalue weighted by Crippen LogP contribution is -2.16. The summed E-state index contributed by atoms with van der Waals surface area (Å²) in [5.74, 6) is -0.115. The van der Waals surface area contributed by atoms with Crippen molar-refractivity contribution in [2.24, 2.45) is 0 Å². The van der Waals surface area contributed by atoms with E-state index in [2.05, 4.69) is 4.98 Å². The summed E-state index contributed by atoms with van der Waals surface area (Å²) >= 11 is 0. The number of carbonyl (C=O) groups excluding carboxylic acids is 2. The van der Waals surface area contributed by atoms with E-state index in [-0.39, 0.29) is 12.2 Å². The van der Waals surface area contributed by atoms with Crippen LogP contribution in [0.4, 0.5) is 0 Å². The maximum atomic E-state index is 12.9. The number of rotatable bonds is 9. The molecule has 0 N–H and O–H groups in total. The fraction of sp³-hybridized carbons (Fsp3) is 0.160. The van der Waals surface area contributed by atoms with Gasteiger partial charge in [0.05, 0.1) is 13.7 Å². The van der Waals surface area contributed by atoms with Gasteiger partial charge in [0.25, 0.3) is 0 Å². The highest BCUT2D eigenvalue weighted by molar-refractivity contribution is 6.26. The molecule has 0 spiro atoms. The van der Waals surface area contributed by atoms with Crippen LogP contribution >= 0.6 is 0 Å². The Morgan fingerprint density at radius 3 is 2.48 bits per heavy atom. The number of ether oxygens (including phenoxy) is 3. The molecule has 0 radical (unpaired) electrons. The van der Waals surface area contributed by atoms with Gasteiger partial charge in [0.2, 0.25) is 5.78 Å². The van der Waals surface area contributed by atoms with Crippen molar-refractivity contribution in [1.29, 1.82) is 0 Å². The van der Waals surface area contributed by atoms with Gasteiger partial charge in [0.1, 0.15) is 12.2 Å². The lowest BCUT2D eigenvalue weighted by molar-refractivity contribution is -0.137. The van der Waals surface area contributed by atoms with Gasteiger partial charge < -0.3 is 14.2 Å². The maximum Gasteiger partial charge on any atom is 0.342 e. The van der Waals surface area contributed by atoms with Crippen LogP contribution in [0.25, 0.3) is 6.08 Å². The third-order valence-corrected chi connectivity index (χ3v) is 4.40. The van der Waals surface area contributed by atoms with Crippen LogP contribution in [0, 0.1) is 0 Å². The smallest absolute Gasteiger partial charge is 0.342 e. The zero-order chi connectivity index (χ0) is 22.1. The third-order valence-electron chi connectivity index (χ3n) is 4.40. The summed E-state index contributed by atoms with van der Waals surface area (Å²) in [6.45, 7) is 2.23. The Kier molecular flexibility index (Phi) is 7.54. The molecular weight excluding hydrogens is 394 g/mol. The Balaban J connectivity index is 1.88. The zero-order valence-electron chi connectivity index (χ0n) is 17.4. The van der Waals surface area contributed by atoms with E-state index in [1.54, 1.807) is 43.5 Å². The summed E-state index contributed by atoms with van der Waals surface area (Å²) in [5, 5.41) is 0. The van der Waals surface area contributed by atoms with Crippen LogP contribution in [0.3, 0.4) is 0 Å². The number of hydrogen-bond acceptors (Lipinski definition) is 6. The Labute approximate surface area is 181 Å². The predicted molar refractivity (Wildman–Crippen MR) is 117 cm³/mol. The van der Waals surface area contributed by atoms with Gasteiger partial charge >= 0.3 is 5.97 Å². The first kappa shape index (κ1) is 21.8. The van der Waals surface area contributed by atoms with Crippen LogP contribution in [-0.4, -0.2) is 30.5 Å². The molecule has 0 amide bonds. The van der Waals surface area contributed by atoms with E-state index < -0.39 is 11.8 Å². The molecule has 0 aliphatic rings. The second-order valence-electron chi connectivity index (χ2n) is 6.53. The highest BCUT2D eigenvalue weighted by Crippen LogP contribution is 2.30. The van der Waals surface area contributed by atoms with Crippen molar-refractivity contribution in [1.82, 2.24) is 4.98 Å². The van der Waals surface area contributed by atoms with Gasteiger partial charge in [-0.1, -0.05) is 36.4 Å². The Bertz CT molecular complexity index is 1060. The van der Waals surface area contributed by atoms with Gasteiger partial charge in [-0.05, 0) is 48.4 Å². The molecule has 31 heavy (non-hydrogen) atoms. The van der Waals surface area contributed by atoms with Gasteiger partial charge in [-0.25, -0.2) is 4.79 Å². The van der Waals surface area contributed by atoms with Gasteiger partial charge in [-0.15, -0.1) is 0 Å². The highest BCUT2D eigenvalue weighted by atomic mass is 16.5. The Hall–Kier alpha value is -3.93. The molecule has 158 valence electrons. The number of nitrogens with zero attached hydrogens (tertiary/aromatic N) is 1. The third kappa shape index (κ3) is 5.79. The minimum Gasteiger partial charge on any atom is -0.493 e. The minimum absolute atomic E-state index is 0.0881. The van der Waals surface area contributed by atoms with Crippen LogP contribution < -0.4 is 9.47 Å². The largest absolute Gasteiger partial charge is 0.493 e. The molecule has 0 saturated carbocycles. The van der Waals surface area contributed by atoms with Gasteiger partial charge in [-0.3, -0.25) is 9.78 Å². The standard InChI is InChI=1S/C25H23NO5/c1-3-30-25(28)21(24(27)20-10-7-13-26-16-20)14-19-11-12-22(23(15-19)29-2)31-17-18-8-5-4-6-9-18/h4-16H,3,17H2,1-2H3/b21-14-. The Morgan fingerprint density at radius 1 is 1.00 bits per heavy atom. The molecule has 0 atom stereocenters. The van der Waals surface area contributed by atoms with Crippen LogP contribution in [-0.2, 0) is 16.1 Å². The van der Waals surface area contributed by atoms with E-state index in [0.717, 1.165) is 5.56 Å². The molecule has 0 unspecified atom stereocenters. The highest BCUT2D eigenvalue weighted by Gasteiger charge is 2.21. The quantitative estimate of drug-likeness (QED) is 0.168. The first-order chi connectivity index (χ1) is 15.1. The fourth-order valence-corrected chi connectivity index (χ4v) is 2.87. The minimum atomic E-state index is -0.695. The summed E-state index contributed by atoms with van der Waals surface area (Å²) in [4.78, 5) is 29.3. The Morgan fingerprint density at radius 2 is 1.81 bits per heavy atom. The lowest BCUT2D eigenvalue weighted by Gasteiger charge is -2.12. The summed E-state index contributed by atoms with van der Waals surface area (Å²) in [5.41, 5.74) is 1.84. The van der Waals surface area contributed by atoms with E-state index in [1.807, 2.05) is 30.3 Å². The molecule has 1 aromatic heterocycles. The van der Waals surface area contributed by atoms with Crippen molar-refractivity contribution in [3.63, 3.8) is 0 Å². The molecule has 0 bridgehead atoms. The predicted octanol–water partition coefficient (Wildman–Crippen LogP) is 4.50. The lowest BCUT2D eigenvalue weighted by atomic mass is 10.0. The average Bonchev–Trinajstić information content (AvgIpc) is 2.82. The molecule has 0 aliphatic heterocycles. The molecule has 2 aromatic carbocycles. The zero-order valence-corrected chi connectivity index (χ0v) is 17.4. The number of methoxy groups -OCH3 is 1. The normalized spacial score (nSPS) is 11.0. The van der Waals surface area contributed by atoms with E-state index >= 15 is 0 Å². The number of Topliss-reactive ketones (excluding diaryl/α,β-unsaturated/α-hetero) is 1. The molecule has 3 aromatic rings. The van der Waals surface area contributed by atoms with Crippen molar-refractivity contribution in [3.05, 3.63) is 95.3 Å². The van der Waals surface area contributed by atoms with Crippen molar-refractivity contribution in [3.8, 4) is 11.5 Å². The molecule has 3 rings (SSSR count).